The molecule has 1 nitrogen and oxygen atoms in total. The minimum atomic E-state index is 0.404. The largest absolute Gasteiger partial charge is 0.370 e. The first-order chi connectivity index (χ1) is 5.36. The van der Waals surface area contributed by atoms with Gasteiger partial charge in [-0.1, -0.05) is 6.42 Å². The van der Waals surface area contributed by atoms with Crippen LogP contribution in [-0.2, 0) is 4.74 Å². The molecule has 2 atom stereocenters. The zero-order chi connectivity index (χ0) is 7.31. The van der Waals surface area contributed by atoms with Crippen molar-refractivity contribution in [2.24, 2.45) is 0 Å². The highest BCUT2D eigenvalue weighted by atomic mass is 32.2. The zero-order valence-corrected chi connectivity index (χ0v) is 7.53. The molecule has 0 aliphatic carbocycles. The Balaban J connectivity index is 1.78. The molecule has 3 rings (SSSR count). The van der Waals surface area contributed by atoms with Gasteiger partial charge in [0, 0.05) is 10.5 Å². The zero-order valence-electron chi connectivity index (χ0n) is 6.71. The fraction of sp³-hybridized carbons (Fsp3) is 1.00. The highest BCUT2D eigenvalue weighted by molar-refractivity contribution is 8.00. The van der Waals surface area contributed by atoms with Gasteiger partial charge in [0.25, 0.3) is 0 Å². The van der Waals surface area contributed by atoms with Crippen LogP contribution in [0.1, 0.15) is 32.1 Å². The summed E-state index contributed by atoms with van der Waals surface area (Å²) in [4.78, 5) is 0. The van der Waals surface area contributed by atoms with E-state index in [1.165, 1.54) is 32.1 Å². The van der Waals surface area contributed by atoms with Crippen molar-refractivity contribution in [3.05, 3.63) is 0 Å². The van der Waals surface area contributed by atoms with Crippen LogP contribution in [0, 0.1) is 0 Å². The molecule has 0 aromatic rings. The summed E-state index contributed by atoms with van der Waals surface area (Å²) in [6.45, 7) is 1.07. The lowest BCUT2D eigenvalue weighted by Crippen LogP contribution is -2.34. The molecular formula is C9H14OS. The van der Waals surface area contributed by atoms with Gasteiger partial charge in [-0.3, -0.25) is 0 Å². The van der Waals surface area contributed by atoms with Crippen molar-refractivity contribution in [2.45, 2.75) is 48.2 Å². The summed E-state index contributed by atoms with van der Waals surface area (Å²) in [7, 11) is 0. The summed E-state index contributed by atoms with van der Waals surface area (Å²) in [5.74, 6) is 0. The molecule has 0 saturated carbocycles. The molecule has 0 amide bonds. The van der Waals surface area contributed by atoms with Crippen LogP contribution >= 0.6 is 11.8 Å². The minimum Gasteiger partial charge on any atom is -0.370 e. The van der Waals surface area contributed by atoms with Gasteiger partial charge in [-0.2, -0.15) is 11.8 Å². The van der Waals surface area contributed by atoms with E-state index in [0.29, 0.717) is 5.60 Å². The second-order valence-electron chi connectivity index (χ2n) is 4.19. The summed E-state index contributed by atoms with van der Waals surface area (Å²) in [6.07, 6.45) is 7.08. The molecule has 0 aromatic heterocycles. The van der Waals surface area contributed by atoms with E-state index in [4.69, 9.17) is 4.74 Å². The van der Waals surface area contributed by atoms with E-state index < -0.39 is 0 Å². The van der Waals surface area contributed by atoms with Gasteiger partial charge in [-0.25, -0.2) is 0 Å². The topological polar surface area (TPSA) is 12.5 Å². The summed E-state index contributed by atoms with van der Waals surface area (Å²) in [6, 6.07) is 0. The number of rotatable bonds is 0. The molecule has 11 heavy (non-hydrogen) atoms. The van der Waals surface area contributed by atoms with Gasteiger partial charge in [0.2, 0.25) is 0 Å². The van der Waals surface area contributed by atoms with Crippen LogP contribution in [0.4, 0.5) is 0 Å². The SMILES string of the molecule is C1CC2CC3(CO3)CC(C1)S2. The molecule has 2 heteroatoms. The average Bonchev–Trinajstić information content (AvgIpc) is 2.68. The maximum absolute atomic E-state index is 5.56. The second kappa shape index (κ2) is 2.17. The Morgan fingerprint density at radius 1 is 1.18 bits per heavy atom. The Labute approximate surface area is 71.9 Å². The number of thioether (sulfide) groups is 1. The summed E-state index contributed by atoms with van der Waals surface area (Å²) < 4.78 is 5.56. The minimum absolute atomic E-state index is 0.404. The molecule has 2 unspecified atom stereocenters. The molecular weight excluding hydrogens is 156 g/mol. The second-order valence-corrected chi connectivity index (χ2v) is 5.80. The van der Waals surface area contributed by atoms with E-state index in [1.807, 2.05) is 0 Å². The molecule has 0 radical (unpaired) electrons. The van der Waals surface area contributed by atoms with E-state index in [9.17, 15) is 0 Å². The summed E-state index contributed by atoms with van der Waals surface area (Å²) >= 11 is 2.24. The van der Waals surface area contributed by atoms with E-state index in [0.717, 1.165) is 17.1 Å². The molecule has 2 bridgehead atoms. The van der Waals surface area contributed by atoms with Crippen LogP contribution in [-0.4, -0.2) is 22.7 Å². The molecule has 3 aliphatic rings. The van der Waals surface area contributed by atoms with Crippen molar-refractivity contribution in [1.29, 1.82) is 0 Å². The Hall–Kier alpha value is 0.310. The molecule has 0 aromatic carbocycles. The fourth-order valence-electron chi connectivity index (χ4n) is 2.53. The van der Waals surface area contributed by atoms with E-state index >= 15 is 0 Å². The van der Waals surface area contributed by atoms with E-state index in [2.05, 4.69) is 11.8 Å². The van der Waals surface area contributed by atoms with Crippen molar-refractivity contribution < 1.29 is 4.74 Å². The van der Waals surface area contributed by atoms with E-state index in [1.54, 1.807) is 0 Å². The van der Waals surface area contributed by atoms with Gasteiger partial charge >= 0.3 is 0 Å². The average molecular weight is 170 g/mol. The van der Waals surface area contributed by atoms with Crippen molar-refractivity contribution >= 4 is 11.8 Å². The van der Waals surface area contributed by atoms with Crippen LogP contribution in [0.25, 0.3) is 0 Å². The molecule has 3 aliphatic heterocycles. The van der Waals surface area contributed by atoms with Crippen molar-refractivity contribution in [1.82, 2.24) is 0 Å². The third-order valence-corrected chi connectivity index (χ3v) is 4.76. The smallest absolute Gasteiger partial charge is 0.0937 e. The number of hydrogen-bond donors (Lipinski definition) is 0. The lowest BCUT2D eigenvalue weighted by atomic mass is 9.90. The van der Waals surface area contributed by atoms with Gasteiger partial charge < -0.3 is 4.74 Å². The van der Waals surface area contributed by atoms with Gasteiger partial charge in [0.05, 0.1) is 12.2 Å². The first-order valence-corrected chi connectivity index (χ1v) is 5.60. The van der Waals surface area contributed by atoms with Gasteiger partial charge in [-0.05, 0) is 25.7 Å². The van der Waals surface area contributed by atoms with Crippen molar-refractivity contribution in [2.75, 3.05) is 6.61 Å². The maximum atomic E-state index is 5.56. The van der Waals surface area contributed by atoms with Crippen LogP contribution in [0.3, 0.4) is 0 Å². The maximum Gasteiger partial charge on any atom is 0.0937 e. The Kier molecular flexibility index (Phi) is 1.34. The molecule has 3 fully saturated rings. The van der Waals surface area contributed by atoms with Crippen molar-refractivity contribution in [3.8, 4) is 0 Å². The number of fused-ring (bicyclic) bond motifs is 2. The van der Waals surface area contributed by atoms with E-state index in [-0.39, 0.29) is 0 Å². The number of epoxide rings is 1. The number of hydrogen-bond acceptors (Lipinski definition) is 2. The molecule has 3 saturated heterocycles. The van der Waals surface area contributed by atoms with Gasteiger partial charge in [0.15, 0.2) is 0 Å². The summed E-state index contributed by atoms with van der Waals surface area (Å²) in [5, 5.41) is 1.90. The number of ether oxygens (including phenoxy) is 1. The predicted octanol–water partition coefficient (Wildman–Crippen LogP) is 2.20. The monoisotopic (exact) mass is 170 g/mol. The lowest BCUT2D eigenvalue weighted by molar-refractivity contribution is 0.247. The Morgan fingerprint density at radius 3 is 2.36 bits per heavy atom. The third kappa shape index (κ3) is 1.11. The quantitative estimate of drug-likeness (QED) is 0.517. The highest BCUT2D eigenvalue weighted by Crippen LogP contribution is 2.51. The van der Waals surface area contributed by atoms with Crippen LogP contribution in [0.15, 0.2) is 0 Å². The van der Waals surface area contributed by atoms with Gasteiger partial charge in [-0.15, -0.1) is 0 Å². The van der Waals surface area contributed by atoms with Crippen LogP contribution in [0.5, 0.6) is 0 Å². The molecule has 62 valence electrons. The van der Waals surface area contributed by atoms with Crippen molar-refractivity contribution in [3.63, 3.8) is 0 Å². The molecule has 3 heterocycles. The Bertz CT molecular complexity index is 162. The predicted molar refractivity (Wildman–Crippen MR) is 46.9 cm³/mol. The third-order valence-electron chi connectivity index (χ3n) is 3.19. The van der Waals surface area contributed by atoms with Crippen LogP contribution in [0.2, 0.25) is 0 Å². The lowest BCUT2D eigenvalue weighted by Gasteiger charge is -2.37. The van der Waals surface area contributed by atoms with Crippen LogP contribution < -0.4 is 0 Å². The van der Waals surface area contributed by atoms with Gasteiger partial charge in [0.1, 0.15) is 0 Å². The fourth-order valence-corrected chi connectivity index (χ4v) is 4.48. The molecule has 0 N–H and O–H groups in total. The first kappa shape index (κ1) is 6.79. The normalized spacial score (nSPS) is 54.5. The highest BCUT2D eigenvalue weighted by Gasteiger charge is 2.51. The standard InChI is InChI=1S/C9H14OS/c1-2-7-4-9(6-10-9)5-8(3-1)11-7/h7-8H,1-6H2. The summed E-state index contributed by atoms with van der Waals surface area (Å²) in [5.41, 5.74) is 0.404. The molecule has 1 spiro atoms. The first-order valence-electron chi connectivity index (χ1n) is 4.66. The Morgan fingerprint density at radius 2 is 1.82 bits per heavy atom.